The molecular weight excluding hydrogens is 304 g/mol. The second kappa shape index (κ2) is 5.06. The second-order valence-electron chi connectivity index (χ2n) is 4.51. The highest BCUT2D eigenvalue weighted by molar-refractivity contribution is 7.92. The van der Waals surface area contributed by atoms with Crippen LogP contribution in [0.4, 0.5) is 5.69 Å². The lowest BCUT2D eigenvalue weighted by Gasteiger charge is -2.37. The van der Waals surface area contributed by atoms with Crippen LogP contribution in [-0.4, -0.2) is 36.5 Å². The van der Waals surface area contributed by atoms with Gasteiger partial charge < -0.3 is 0 Å². The summed E-state index contributed by atoms with van der Waals surface area (Å²) in [7, 11) is -4.25. The van der Waals surface area contributed by atoms with Crippen LogP contribution in [0.3, 0.4) is 0 Å². The van der Waals surface area contributed by atoms with Crippen LogP contribution in [0.5, 0.6) is 0 Å². The largest absolute Gasteiger partial charge is 0.335 e. The summed E-state index contributed by atoms with van der Waals surface area (Å²) in [5, 5.41) is 0. The summed E-state index contributed by atoms with van der Waals surface area (Å²) in [6.45, 7) is 3.12. The molecule has 0 fully saturated rings. The molecule has 1 aliphatic rings. The van der Waals surface area contributed by atoms with Crippen LogP contribution in [0.1, 0.15) is 24.2 Å². The minimum atomic E-state index is -4.25. The molecule has 0 saturated heterocycles. The second-order valence-corrected chi connectivity index (χ2v) is 6.43. The number of carbonyl (C=O) groups is 2. The number of fused-ring (bicyclic) bond motifs is 1. The summed E-state index contributed by atoms with van der Waals surface area (Å²) in [4.78, 5) is 24.2. The molecule has 6 nitrogen and oxygen atoms in total. The van der Waals surface area contributed by atoms with E-state index in [1.807, 2.05) is 0 Å². The van der Waals surface area contributed by atoms with Crippen molar-refractivity contribution < 1.29 is 18.0 Å². The van der Waals surface area contributed by atoms with E-state index < -0.39 is 33.9 Å². The highest BCUT2D eigenvalue weighted by Crippen LogP contribution is 2.33. The fourth-order valence-electron chi connectivity index (χ4n) is 2.09. The smallest absolute Gasteiger partial charge is 0.272 e. The third-order valence-corrected chi connectivity index (χ3v) is 5.02. The van der Waals surface area contributed by atoms with E-state index in [1.165, 1.54) is 12.1 Å². The zero-order valence-electron chi connectivity index (χ0n) is 10.9. The number of nitrogens with zero attached hydrogens (tertiary/aromatic N) is 2. The number of hydrogen-bond donors (Lipinski definition) is 0. The zero-order valence-corrected chi connectivity index (χ0v) is 12.5. The van der Waals surface area contributed by atoms with Gasteiger partial charge in [-0.05, 0) is 26.0 Å². The van der Waals surface area contributed by atoms with Crippen LogP contribution in [-0.2, 0) is 15.0 Å². The van der Waals surface area contributed by atoms with Crippen LogP contribution >= 0.6 is 11.6 Å². The van der Waals surface area contributed by atoms with E-state index in [1.54, 1.807) is 26.0 Å². The average molecular weight is 317 g/mol. The number of benzene rings is 1. The quantitative estimate of drug-likeness (QED) is 0.772. The minimum absolute atomic E-state index is 0.0417. The summed E-state index contributed by atoms with van der Waals surface area (Å²) in [6.07, 6.45) is 0. The van der Waals surface area contributed by atoms with E-state index in [0.717, 1.165) is 0 Å². The lowest BCUT2D eigenvalue weighted by atomic mass is 10.1. The molecular formula is C12H13ClN2O4S. The van der Waals surface area contributed by atoms with Crippen molar-refractivity contribution in [1.29, 1.82) is 0 Å². The van der Waals surface area contributed by atoms with Crippen LogP contribution in [0, 0.1) is 0 Å². The molecule has 1 aromatic rings. The number of halogens is 1. The molecule has 0 N–H and O–H groups in total. The van der Waals surface area contributed by atoms with Gasteiger partial charge in [0.2, 0.25) is 0 Å². The van der Waals surface area contributed by atoms with Gasteiger partial charge in [-0.3, -0.25) is 9.59 Å². The highest BCUT2D eigenvalue weighted by Gasteiger charge is 2.45. The third-order valence-electron chi connectivity index (χ3n) is 2.84. The molecule has 1 heterocycles. The predicted octanol–water partition coefficient (Wildman–Crippen LogP) is 1.37. The number of carbonyl (C=O) groups excluding carboxylic acids is 2. The summed E-state index contributed by atoms with van der Waals surface area (Å²) >= 11 is 5.48. The van der Waals surface area contributed by atoms with Crippen LogP contribution in [0.25, 0.3) is 0 Å². The van der Waals surface area contributed by atoms with Gasteiger partial charge >= 0.3 is 10.2 Å². The van der Waals surface area contributed by atoms with Crippen LogP contribution in [0.15, 0.2) is 24.3 Å². The molecule has 1 aromatic carbocycles. The summed E-state index contributed by atoms with van der Waals surface area (Å²) in [5.74, 6) is -1.93. The Balaban J connectivity index is 2.76. The van der Waals surface area contributed by atoms with Gasteiger partial charge in [-0.15, -0.1) is 11.6 Å². The molecule has 1 aliphatic heterocycles. The lowest BCUT2D eigenvalue weighted by Crippen LogP contribution is -2.56. The van der Waals surface area contributed by atoms with E-state index in [0.29, 0.717) is 8.61 Å². The van der Waals surface area contributed by atoms with Crippen molar-refractivity contribution in [3.63, 3.8) is 0 Å². The molecule has 108 valence electrons. The van der Waals surface area contributed by atoms with E-state index in [9.17, 15) is 18.0 Å². The molecule has 0 saturated carbocycles. The lowest BCUT2D eigenvalue weighted by molar-refractivity contribution is -0.115. The van der Waals surface area contributed by atoms with Gasteiger partial charge in [0, 0.05) is 6.04 Å². The van der Waals surface area contributed by atoms with Crippen molar-refractivity contribution in [2.24, 2.45) is 0 Å². The monoisotopic (exact) mass is 316 g/mol. The normalized spacial score (nSPS) is 17.3. The van der Waals surface area contributed by atoms with Crippen molar-refractivity contribution >= 4 is 39.3 Å². The number of rotatable bonds is 2. The van der Waals surface area contributed by atoms with Gasteiger partial charge in [-0.1, -0.05) is 12.1 Å². The maximum Gasteiger partial charge on any atom is 0.335 e. The molecule has 0 aliphatic carbocycles. The van der Waals surface area contributed by atoms with Gasteiger partial charge in [0.25, 0.3) is 11.8 Å². The minimum Gasteiger partial charge on any atom is -0.272 e. The van der Waals surface area contributed by atoms with Crippen molar-refractivity contribution in [3.05, 3.63) is 29.8 Å². The van der Waals surface area contributed by atoms with Gasteiger partial charge in [0.15, 0.2) is 0 Å². The molecule has 0 bridgehead atoms. The van der Waals surface area contributed by atoms with E-state index >= 15 is 0 Å². The molecule has 2 rings (SSSR count). The van der Waals surface area contributed by atoms with E-state index in [2.05, 4.69) is 0 Å². The van der Waals surface area contributed by atoms with Crippen molar-refractivity contribution in [2.75, 3.05) is 10.2 Å². The fraction of sp³-hybridized carbons (Fsp3) is 0.333. The Hall–Kier alpha value is -1.60. The Morgan fingerprint density at radius 2 is 1.90 bits per heavy atom. The number of hydrogen-bond acceptors (Lipinski definition) is 4. The van der Waals surface area contributed by atoms with Gasteiger partial charge in [-0.25, -0.2) is 4.31 Å². The molecule has 0 radical (unpaired) electrons. The molecule has 0 spiro atoms. The Bertz CT molecular complexity index is 672. The Morgan fingerprint density at radius 1 is 1.30 bits per heavy atom. The molecule has 0 unspecified atom stereocenters. The zero-order chi connectivity index (χ0) is 15.1. The topological polar surface area (TPSA) is 74.8 Å². The summed E-state index contributed by atoms with van der Waals surface area (Å²) in [6, 6.07) is 5.45. The standard InChI is InChI=1S/C12H13ClN2O4S/c1-8(2)14-12(17)9-5-3-4-6-10(9)15(11(16)7-13)20(14,18)19/h3-6,8H,7H2,1-2H3. The Kier molecular flexibility index (Phi) is 3.75. The van der Waals surface area contributed by atoms with Crippen molar-refractivity contribution in [3.8, 4) is 0 Å². The van der Waals surface area contributed by atoms with Crippen LogP contribution in [0.2, 0.25) is 0 Å². The maximum atomic E-state index is 12.5. The molecule has 20 heavy (non-hydrogen) atoms. The molecule has 2 amide bonds. The van der Waals surface area contributed by atoms with Gasteiger partial charge in [-0.2, -0.15) is 12.7 Å². The Morgan fingerprint density at radius 3 is 2.45 bits per heavy atom. The molecule has 0 aromatic heterocycles. The highest BCUT2D eigenvalue weighted by atomic mass is 35.5. The summed E-state index contributed by atoms with van der Waals surface area (Å²) < 4.78 is 26.2. The first kappa shape index (κ1) is 14.8. The number of amides is 2. The third kappa shape index (κ3) is 2.06. The average Bonchev–Trinajstić information content (AvgIpc) is 2.37. The first-order valence-electron chi connectivity index (χ1n) is 5.89. The van der Waals surface area contributed by atoms with Crippen molar-refractivity contribution in [1.82, 2.24) is 4.31 Å². The predicted molar refractivity (Wildman–Crippen MR) is 74.9 cm³/mol. The number of anilines is 1. The molecule has 0 atom stereocenters. The first-order chi connectivity index (χ1) is 9.32. The summed E-state index contributed by atoms with van der Waals surface area (Å²) in [5.41, 5.74) is 0.203. The van der Waals surface area contributed by atoms with Crippen LogP contribution < -0.4 is 4.31 Å². The van der Waals surface area contributed by atoms with E-state index in [-0.39, 0.29) is 11.3 Å². The number of alkyl halides is 1. The number of para-hydroxylation sites is 1. The van der Waals surface area contributed by atoms with Crippen molar-refractivity contribution in [2.45, 2.75) is 19.9 Å². The Labute approximate surface area is 122 Å². The first-order valence-corrected chi connectivity index (χ1v) is 7.82. The SMILES string of the molecule is CC(C)N1C(=O)c2ccccc2N(C(=O)CCl)S1(=O)=O. The fourth-order valence-corrected chi connectivity index (χ4v) is 4.02. The molecule has 8 heteroatoms. The maximum absolute atomic E-state index is 12.5. The van der Waals surface area contributed by atoms with Gasteiger partial charge in [0.05, 0.1) is 11.3 Å². The van der Waals surface area contributed by atoms with E-state index in [4.69, 9.17) is 11.6 Å². The van der Waals surface area contributed by atoms with Gasteiger partial charge in [0.1, 0.15) is 5.88 Å².